The van der Waals surface area contributed by atoms with Crippen molar-refractivity contribution in [3.8, 4) is 0 Å². The Morgan fingerprint density at radius 3 is 2.48 bits per heavy atom. The molecule has 2 heterocycles. The number of hydrogen-bond acceptors (Lipinski definition) is 4. The van der Waals surface area contributed by atoms with E-state index in [1.807, 2.05) is 12.1 Å². The van der Waals surface area contributed by atoms with Gasteiger partial charge in [0.25, 0.3) is 0 Å². The summed E-state index contributed by atoms with van der Waals surface area (Å²) in [6.07, 6.45) is 2.43. The number of carbonyl (C=O) groups excluding carboxylic acids is 1. The molecular weight excluding hydrogens is 336 g/mol. The largest absolute Gasteiger partial charge is 0.350 e. The van der Waals surface area contributed by atoms with Gasteiger partial charge in [0.1, 0.15) is 0 Å². The summed E-state index contributed by atoms with van der Waals surface area (Å²) < 4.78 is 24.0. The van der Waals surface area contributed by atoms with Gasteiger partial charge in [0.2, 0.25) is 5.91 Å². The second-order valence-corrected chi connectivity index (χ2v) is 8.95. The molecule has 2 saturated heterocycles. The number of nitrogens with one attached hydrogen (secondary N) is 1. The monoisotopic (exact) mass is 356 g/mol. The molecule has 2 atom stereocenters. The van der Waals surface area contributed by atoms with Crippen molar-refractivity contribution in [2.75, 3.05) is 24.6 Å². The zero-order chi connectivity index (χ0) is 16.4. The van der Waals surface area contributed by atoms with Crippen molar-refractivity contribution in [2.45, 2.75) is 31.3 Å². The Balaban J connectivity index is 1.64. The van der Waals surface area contributed by atoms with Gasteiger partial charge in [-0.2, -0.15) is 0 Å². The first-order chi connectivity index (χ1) is 10.9. The molecule has 5 nitrogen and oxygen atoms in total. The molecule has 126 valence electrons. The van der Waals surface area contributed by atoms with Crippen molar-refractivity contribution in [2.24, 2.45) is 0 Å². The van der Waals surface area contributed by atoms with Crippen LogP contribution in [0.25, 0.3) is 0 Å². The lowest BCUT2D eigenvalue weighted by Crippen LogP contribution is -2.50. The summed E-state index contributed by atoms with van der Waals surface area (Å²) in [5, 5.41) is 3.56. The fraction of sp³-hybridized carbons (Fsp3) is 0.562. The molecular formula is C16H21ClN2O3S. The molecule has 3 rings (SSSR count). The summed E-state index contributed by atoms with van der Waals surface area (Å²) in [5.74, 6) is 0.0537. The summed E-state index contributed by atoms with van der Waals surface area (Å²) >= 11 is 5.84. The molecule has 0 spiro atoms. The standard InChI is InChI=1S/C16H21ClN2O3S/c17-13-5-3-12(4-6-13)9-16(20)18-14-10-23(21,22)11-15(14)19-7-1-2-8-19/h3-6,14-15H,1-2,7-11H2,(H,18,20). The average Bonchev–Trinajstić information content (AvgIpc) is 3.09. The van der Waals surface area contributed by atoms with E-state index in [0.717, 1.165) is 31.5 Å². The lowest BCUT2D eigenvalue weighted by atomic mass is 10.1. The normalized spacial score (nSPS) is 27.2. The first-order valence-corrected chi connectivity index (χ1v) is 10.1. The third-order valence-corrected chi connectivity index (χ3v) is 6.52. The highest BCUT2D eigenvalue weighted by atomic mass is 35.5. The minimum Gasteiger partial charge on any atom is -0.350 e. The van der Waals surface area contributed by atoms with Crippen molar-refractivity contribution in [1.29, 1.82) is 0 Å². The minimum absolute atomic E-state index is 0.0422. The van der Waals surface area contributed by atoms with Gasteiger partial charge in [-0.1, -0.05) is 23.7 Å². The number of amides is 1. The molecule has 1 N–H and O–H groups in total. The molecule has 23 heavy (non-hydrogen) atoms. The molecule has 2 unspecified atom stereocenters. The van der Waals surface area contributed by atoms with Crippen LogP contribution >= 0.6 is 11.6 Å². The van der Waals surface area contributed by atoms with Crippen molar-refractivity contribution in [3.63, 3.8) is 0 Å². The topological polar surface area (TPSA) is 66.5 Å². The summed E-state index contributed by atoms with van der Waals surface area (Å²) in [5.41, 5.74) is 0.866. The van der Waals surface area contributed by atoms with Crippen molar-refractivity contribution >= 4 is 27.3 Å². The van der Waals surface area contributed by atoms with E-state index in [2.05, 4.69) is 10.2 Å². The highest BCUT2D eigenvalue weighted by Crippen LogP contribution is 2.22. The molecule has 2 aliphatic heterocycles. The highest BCUT2D eigenvalue weighted by Gasteiger charge is 2.42. The van der Waals surface area contributed by atoms with Gasteiger partial charge in [0.15, 0.2) is 9.84 Å². The molecule has 0 radical (unpaired) electrons. The van der Waals surface area contributed by atoms with Crippen LogP contribution in [-0.4, -0.2) is 55.9 Å². The zero-order valence-electron chi connectivity index (χ0n) is 12.9. The number of likely N-dealkylation sites (tertiary alicyclic amines) is 1. The zero-order valence-corrected chi connectivity index (χ0v) is 14.4. The maximum Gasteiger partial charge on any atom is 0.224 e. The van der Waals surface area contributed by atoms with Gasteiger partial charge in [0.05, 0.1) is 24.0 Å². The van der Waals surface area contributed by atoms with Gasteiger partial charge in [-0.25, -0.2) is 8.42 Å². The molecule has 0 aromatic heterocycles. The number of carbonyl (C=O) groups is 1. The van der Waals surface area contributed by atoms with E-state index >= 15 is 0 Å². The molecule has 1 aromatic rings. The molecule has 1 aromatic carbocycles. The fourth-order valence-electron chi connectivity index (χ4n) is 3.45. The molecule has 0 bridgehead atoms. The van der Waals surface area contributed by atoms with Gasteiger partial charge in [-0.05, 0) is 43.6 Å². The first kappa shape index (κ1) is 16.7. The number of benzene rings is 1. The fourth-order valence-corrected chi connectivity index (χ4v) is 5.52. The van der Waals surface area contributed by atoms with Crippen LogP contribution < -0.4 is 5.32 Å². The summed E-state index contributed by atoms with van der Waals surface area (Å²) in [4.78, 5) is 14.5. The predicted octanol–water partition coefficient (Wildman–Crippen LogP) is 1.26. The van der Waals surface area contributed by atoms with Crippen LogP contribution in [0, 0.1) is 0 Å². The Labute approximate surface area is 141 Å². The van der Waals surface area contributed by atoms with E-state index in [4.69, 9.17) is 11.6 Å². The second-order valence-electron chi connectivity index (χ2n) is 6.36. The van der Waals surface area contributed by atoms with Gasteiger partial charge >= 0.3 is 0 Å². The van der Waals surface area contributed by atoms with E-state index < -0.39 is 9.84 Å². The van der Waals surface area contributed by atoms with Gasteiger partial charge in [-0.15, -0.1) is 0 Å². The van der Waals surface area contributed by atoms with Crippen LogP contribution in [0.15, 0.2) is 24.3 Å². The molecule has 1 amide bonds. The van der Waals surface area contributed by atoms with E-state index in [1.165, 1.54) is 0 Å². The van der Waals surface area contributed by atoms with Crippen LogP contribution in [-0.2, 0) is 21.1 Å². The van der Waals surface area contributed by atoms with Gasteiger partial charge < -0.3 is 5.32 Å². The number of rotatable bonds is 4. The van der Waals surface area contributed by atoms with E-state index in [0.29, 0.717) is 5.02 Å². The number of hydrogen-bond donors (Lipinski definition) is 1. The molecule has 0 aliphatic carbocycles. The maximum atomic E-state index is 12.3. The van der Waals surface area contributed by atoms with Crippen LogP contribution in [0.2, 0.25) is 5.02 Å². The van der Waals surface area contributed by atoms with E-state index in [-0.39, 0.29) is 35.9 Å². The second kappa shape index (κ2) is 6.79. The predicted molar refractivity (Wildman–Crippen MR) is 90.3 cm³/mol. The summed E-state index contributed by atoms with van der Waals surface area (Å²) in [6.45, 7) is 1.84. The Hall–Kier alpha value is -1.11. The Kier molecular flexibility index (Phi) is 4.94. The third kappa shape index (κ3) is 4.25. The lowest BCUT2D eigenvalue weighted by Gasteiger charge is -2.28. The SMILES string of the molecule is O=C(Cc1ccc(Cl)cc1)NC1CS(=O)(=O)CC1N1CCCC1. The highest BCUT2D eigenvalue weighted by molar-refractivity contribution is 7.91. The maximum absolute atomic E-state index is 12.3. The lowest BCUT2D eigenvalue weighted by molar-refractivity contribution is -0.121. The minimum atomic E-state index is -3.08. The molecule has 2 fully saturated rings. The summed E-state index contributed by atoms with van der Waals surface area (Å²) in [6, 6.07) is 6.72. The molecule has 7 heteroatoms. The van der Waals surface area contributed by atoms with Crippen LogP contribution in [0.4, 0.5) is 0 Å². The third-order valence-electron chi connectivity index (χ3n) is 4.56. The smallest absolute Gasteiger partial charge is 0.224 e. The molecule has 0 saturated carbocycles. The quantitative estimate of drug-likeness (QED) is 0.882. The van der Waals surface area contributed by atoms with Gasteiger partial charge in [-0.3, -0.25) is 9.69 Å². The Morgan fingerprint density at radius 1 is 1.17 bits per heavy atom. The van der Waals surface area contributed by atoms with Crippen LogP contribution in [0.3, 0.4) is 0 Å². The van der Waals surface area contributed by atoms with Crippen molar-refractivity contribution in [1.82, 2.24) is 10.2 Å². The Bertz CT molecular complexity index is 669. The Morgan fingerprint density at radius 2 is 1.83 bits per heavy atom. The number of nitrogens with zero attached hydrogens (tertiary/aromatic N) is 1. The molecule has 2 aliphatic rings. The average molecular weight is 357 g/mol. The van der Waals surface area contributed by atoms with Gasteiger partial charge in [0, 0.05) is 11.1 Å². The summed E-state index contributed by atoms with van der Waals surface area (Å²) in [7, 11) is -3.08. The van der Waals surface area contributed by atoms with E-state index in [9.17, 15) is 13.2 Å². The number of sulfone groups is 1. The van der Waals surface area contributed by atoms with Crippen molar-refractivity contribution < 1.29 is 13.2 Å². The van der Waals surface area contributed by atoms with E-state index in [1.54, 1.807) is 12.1 Å². The first-order valence-electron chi connectivity index (χ1n) is 7.91. The van der Waals surface area contributed by atoms with Crippen LogP contribution in [0.5, 0.6) is 0 Å². The number of halogens is 1. The van der Waals surface area contributed by atoms with Crippen LogP contribution in [0.1, 0.15) is 18.4 Å². The van der Waals surface area contributed by atoms with Crippen molar-refractivity contribution in [3.05, 3.63) is 34.9 Å².